The third-order valence-corrected chi connectivity index (χ3v) is 3.74. The molecule has 1 unspecified atom stereocenters. The second kappa shape index (κ2) is 9.99. The van der Waals surface area contributed by atoms with Crippen LogP contribution in [0.5, 0.6) is 0 Å². The average molecular weight is 397 g/mol. The summed E-state index contributed by atoms with van der Waals surface area (Å²) in [6.07, 6.45) is 1.98. The fourth-order valence-corrected chi connectivity index (χ4v) is 2.38. The number of halogens is 2. The lowest BCUT2D eigenvalue weighted by Crippen LogP contribution is -2.44. The number of nitrogens with zero attached hydrogens (tertiary/aromatic N) is 1. The van der Waals surface area contributed by atoms with Gasteiger partial charge in [-0.05, 0) is 48.7 Å². The first-order chi connectivity index (χ1) is 11.8. The number of aromatic nitrogens is 1. The molecule has 1 atom stereocenters. The molecular weight excluding hydrogens is 375 g/mol. The van der Waals surface area contributed by atoms with E-state index in [2.05, 4.69) is 15.6 Å². The number of nitrogen functional groups attached to an aromatic ring is 1. The van der Waals surface area contributed by atoms with Gasteiger partial charge in [0.2, 0.25) is 5.91 Å². The van der Waals surface area contributed by atoms with Crippen LogP contribution >= 0.6 is 24.0 Å². The van der Waals surface area contributed by atoms with Crippen LogP contribution in [0.3, 0.4) is 0 Å². The van der Waals surface area contributed by atoms with Crippen molar-refractivity contribution in [2.45, 2.75) is 26.3 Å². The first-order valence-corrected chi connectivity index (χ1v) is 8.31. The second-order valence-electron chi connectivity index (χ2n) is 6.12. The average Bonchev–Trinajstić information content (AvgIpc) is 2.56. The van der Waals surface area contributed by atoms with Gasteiger partial charge in [0.1, 0.15) is 11.9 Å². The van der Waals surface area contributed by atoms with Crippen molar-refractivity contribution in [3.05, 3.63) is 53.2 Å². The predicted octanol–water partition coefficient (Wildman–Crippen LogP) is 3.52. The minimum absolute atomic E-state index is 0. The Kier molecular flexibility index (Phi) is 8.35. The first kappa shape index (κ1) is 21.7. The molecule has 0 aliphatic carbocycles. The molecule has 0 aliphatic rings. The highest BCUT2D eigenvalue weighted by molar-refractivity contribution is 6.30. The van der Waals surface area contributed by atoms with Crippen LogP contribution in [0.2, 0.25) is 5.02 Å². The summed E-state index contributed by atoms with van der Waals surface area (Å²) in [5.41, 5.74) is 6.50. The Balaban J connectivity index is 0.00000338. The summed E-state index contributed by atoms with van der Waals surface area (Å²) in [6.45, 7) is 3.97. The number of hydrogen-bond acceptors (Lipinski definition) is 4. The molecule has 8 heteroatoms. The molecule has 2 rings (SSSR count). The van der Waals surface area contributed by atoms with Crippen LogP contribution in [0.25, 0.3) is 0 Å². The monoisotopic (exact) mass is 396 g/mol. The fraction of sp³-hybridized carbons (Fsp3) is 0.278. The third-order valence-electron chi connectivity index (χ3n) is 3.49. The quantitative estimate of drug-likeness (QED) is 0.695. The molecule has 0 fully saturated rings. The number of carbonyl (C=O) groups is 2. The number of nitrogens with two attached hydrogens (primary N) is 1. The lowest BCUT2D eigenvalue weighted by atomic mass is 10.0. The van der Waals surface area contributed by atoms with E-state index in [-0.39, 0.29) is 30.1 Å². The van der Waals surface area contributed by atoms with Crippen molar-refractivity contribution in [1.29, 1.82) is 0 Å². The number of amides is 2. The summed E-state index contributed by atoms with van der Waals surface area (Å²) in [5.74, 6) is -0.0333. The van der Waals surface area contributed by atoms with Crippen molar-refractivity contribution in [3.63, 3.8) is 0 Å². The Labute approximate surface area is 163 Å². The highest BCUT2D eigenvalue weighted by Gasteiger charge is 2.22. The van der Waals surface area contributed by atoms with E-state index < -0.39 is 6.04 Å². The summed E-state index contributed by atoms with van der Waals surface area (Å²) >= 11 is 5.83. The summed E-state index contributed by atoms with van der Waals surface area (Å²) < 4.78 is 0. The number of anilines is 2. The van der Waals surface area contributed by atoms with Gasteiger partial charge in [0.15, 0.2) is 0 Å². The van der Waals surface area contributed by atoms with E-state index in [1.54, 1.807) is 36.4 Å². The van der Waals surface area contributed by atoms with Gasteiger partial charge in [-0.2, -0.15) is 0 Å². The number of benzene rings is 1. The molecule has 0 radical (unpaired) electrons. The van der Waals surface area contributed by atoms with Crippen molar-refractivity contribution >= 4 is 47.3 Å². The van der Waals surface area contributed by atoms with E-state index in [1.807, 2.05) is 13.8 Å². The first-order valence-electron chi connectivity index (χ1n) is 7.94. The zero-order valence-corrected chi connectivity index (χ0v) is 16.1. The number of nitrogens with one attached hydrogen (secondary N) is 2. The smallest absolute Gasteiger partial charge is 0.251 e. The largest absolute Gasteiger partial charge is 0.384 e. The van der Waals surface area contributed by atoms with Crippen LogP contribution in [-0.4, -0.2) is 22.8 Å². The van der Waals surface area contributed by atoms with Gasteiger partial charge in [0.05, 0.1) is 11.9 Å². The maximum Gasteiger partial charge on any atom is 0.251 e. The Morgan fingerprint density at radius 3 is 2.35 bits per heavy atom. The molecule has 26 heavy (non-hydrogen) atoms. The molecule has 2 aromatic rings. The van der Waals surface area contributed by atoms with Crippen LogP contribution in [0.1, 0.15) is 30.6 Å². The summed E-state index contributed by atoms with van der Waals surface area (Å²) in [4.78, 5) is 28.9. The maximum absolute atomic E-state index is 12.5. The molecule has 0 saturated heterocycles. The van der Waals surface area contributed by atoms with E-state index in [9.17, 15) is 9.59 Å². The highest BCUT2D eigenvalue weighted by Crippen LogP contribution is 2.13. The number of rotatable bonds is 6. The molecule has 0 saturated carbocycles. The van der Waals surface area contributed by atoms with Gasteiger partial charge in [0, 0.05) is 10.6 Å². The number of carbonyl (C=O) groups excluding carboxylic acids is 2. The molecular formula is C18H22Cl2N4O2. The lowest BCUT2D eigenvalue weighted by Gasteiger charge is -2.20. The molecule has 1 aromatic carbocycles. The molecule has 1 heterocycles. The zero-order chi connectivity index (χ0) is 18.4. The van der Waals surface area contributed by atoms with E-state index in [0.717, 1.165) is 0 Å². The SMILES string of the molecule is CC(C)CC(NC(=O)c1ccc(Cl)cc1)C(=O)Nc1ccc(N)nc1.Cl. The van der Waals surface area contributed by atoms with Gasteiger partial charge < -0.3 is 16.4 Å². The standard InChI is InChI=1S/C18H21ClN4O2.ClH/c1-11(2)9-15(18(25)22-14-7-8-16(20)21-10-14)23-17(24)12-3-5-13(19)6-4-12;/h3-8,10-11,15H,9H2,1-2H3,(H2,20,21)(H,22,25)(H,23,24);1H. The molecule has 4 N–H and O–H groups in total. The normalized spacial score (nSPS) is 11.4. The topological polar surface area (TPSA) is 97.1 Å². The van der Waals surface area contributed by atoms with Crippen LogP contribution < -0.4 is 16.4 Å². The summed E-state index contributed by atoms with van der Waals surface area (Å²) in [5, 5.41) is 6.07. The third kappa shape index (κ3) is 6.54. The van der Waals surface area contributed by atoms with Crippen molar-refractivity contribution in [1.82, 2.24) is 10.3 Å². The van der Waals surface area contributed by atoms with E-state index in [1.165, 1.54) is 6.20 Å². The number of pyridine rings is 1. The molecule has 140 valence electrons. The van der Waals surface area contributed by atoms with Gasteiger partial charge in [-0.15, -0.1) is 12.4 Å². The van der Waals surface area contributed by atoms with Gasteiger partial charge in [-0.25, -0.2) is 4.98 Å². The van der Waals surface area contributed by atoms with Crippen LogP contribution in [0, 0.1) is 5.92 Å². The second-order valence-corrected chi connectivity index (χ2v) is 6.56. The predicted molar refractivity (Wildman–Crippen MR) is 107 cm³/mol. The highest BCUT2D eigenvalue weighted by atomic mass is 35.5. The van der Waals surface area contributed by atoms with E-state index in [4.69, 9.17) is 17.3 Å². The Hall–Kier alpha value is -2.31. The molecule has 6 nitrogen and oxygen atoms in total. The van der Waals surface area contributed by atoms with Crippen molar-refractivity contribution in [2.75, 3.05) is 11.1 Å². The van der Waals surface area contributed by atoms with Gasteiger partial charge >= 0.3 is 0 Å². The van der Waals surface area contributed by atoms with E-state index in [0.29, 0.717) is 28.5 Å². The summed E-state index contributed by atoms with van der Waals surface area (Å²) in [6, 6.07) is 9.09. The van der Waals surface area contributed by atoms with Gasteiger partial charge in [-0.1, -0.05) is 25.4 Å². The van der Waals surface area contributed by atoms with Crippen molar-refractivity contribution < 1.29 is 9.59 Å². The van der Waals surface area contributed by atoms with Crippen LogP contribution in [0.15, 0.2) is 42.6 Å². The Morgan fingerprint density at radius 2 is 1.81 bits per heavy atom. The molecule has 0 bridgehead atoms. The lowest BCUT2D eigenvalue weighted by molar-refractivity contribution is -0.118. The minimum atomic E-state index is -0.666. The van der Waals surface area contributed by atoms with E-state index >= 15 is 0 Å². The summed E-state index contributed by atoms with van der Waals surface area (Å²) in [7, 11) is 0. The zero-order valence-electron chi connectivity index (χ0n) is 14.5. The minimum Gasteiger partial charge on any atom is -0.384 e. The molecule has 1 aromatic heterocycles. The number of hydrogen-bond donors (Lipinski definition) is 3. The van der Waals surface area contributed by atoms with Gasteiger partial charge in [-0.3, -0.25) is 9.59 Å². The van der Waals surface area contributed by atoms with Crippen molar-refractivity contribution in [3.8, 4) is 0 Å². The fourth-order valence-electron chi connectivity index (χ4n) is 2.25. The Bertz CT molecular complexity index is 734. The Morgan fingerprint density at radius 1 is 1.15 bits per heavy atom. The molecule has 0 spiro atoms. The van der Waals surface area contributed by atoms with Crippen molar-refractivity contribution in [2.24, 2.45) is 5.92 Å². The molecule has 2 amide bonds. The van der Waals surface area contributed by atoms with Gasteiger partial charge in [0.25, 0.3) is 5.91 Å². The molecule has 0 aliphatic heterocycles. The maximum atomic E-state index is 12.5. The van der Waals surface area contributed by atoms with Crippen LogP contribution in [-0.2, 0) is 4.79 Å². The van der Waals surface area contributed by atoms with Crippen LogP contribution in [0.4, 0.5) is 11.5 Å².